The Labute approximate surface area is 210 Å². The van der Waals surface area contributed by atoms with E-state index in [0.717, 1.165) is 55.3 Å². The molecule has 7 bridgehead atoms. The molecule has 2 saturated heterocycles. The largest absolute Gasteiger partial charge is 0.478 e. The number of fused-ring (bicyclic) bond motifs is 4. The summed E-state index contributed by atoms with van der Waals surface area (Å²) in [5.74, 6) is 1.39. The first-order valence-corrected chi connectivity index (χ1v) is 13.5. The maximum atomic E-state index is 6.13. The number of nitrogens with one attached hydrogen (secondary N) is 2. The van der Waals surface area contributed by atoms with E-state index in [2.05, 4.69) is 54.8 Å². The third-order valence-corrected chi connectivity index (χ3v) is 8.81. The standard InChI is InChI=1S/C26H31N7OS/c1-17-12-18-4-2-5-20(18)23-22(17)19-6-8-27-21(13-19)34-11-3-9-32-10-7-26(14-32)15-33(16-26)35-25-29-24(28-23)30-31-25/h6,8,12-13H,2-5,7,9-11,14-16H2,1H3,(H2,28,29,30,31). The second-order valence-electron chi connectivity index (χ2n) is 10.5. The lowest BCUT2D eigenvalue weighted by Crippen LogP contribution is -2.54. The van der Waals surface area contributed by atoms with E-state index in [1.54, 1.807) is 11.9 Å². The predicted octanol–water partition coefficient (Wildman–Crippen LogP) is 4.20. The monoisotopic (exact) mass is 489 g/mol. The quantitative estimate of drug-likeness (QED) is 0.455. The van der Waals surface area contributed by atoms with Crippen LogP contribution >= 0.6 is 11.9 Å². The van der Waals surface area contributed by atoms with E-state index in [4.69, 9.17) is 9.72 Å². The number of ether oxygens (including phenoxy) is 1. The first-order chi connectivity index (χ1) is 17.1. The van der Waals surface area contributed by atoms with Crippen molar-refractivity contribution < 1.29 is 4.74 Å². The smallest absolute Gasteiger partial charge is 0.225 e. The second-order valence-corrected chi connectivity index (χ2v) is 11.6. The Morgan fingerprint density at radius 3 is 3.00 bits per heavy atom. The Morgan fingerprint density at radius 2 is 2.06 bits per heavy atom. The van der Waals surface area contributed by atoms with Gasteiger partial charge in [0.15, 0.2) is 0 Å². The zero-order valence-corrected chi connectivity index (χ0v) is 21.0. The number of anilines is 2. The summed E-state index contributed by atoms with van der Waals surface area (Å²) < 4.78 is 8.53. The van der Waals surface area contributed by atoms with Crippen LogP contribution in [-0.2, 0) is 12.8 Å². The van der Waals surface area contributed by atoms with Gasteiger partial charge in [0.2, 0.25) is 17.0 Å². The Kier molecular flexibility index (Phi) is 5.26. The van der Waals surface area contributed by atoms with Crippen molar-refractivity contribution in [1.82, 2.24) is 29.4 Å². The Balaban J connectivity index is 1.27. The van der Waals surface area contributed by atoms with Crippen LogP contribution in [0.4, 0.5) is 11.6 Å². The molecule has 0 radical (unpaired) electrons. The van der Waals surface area contributed by atoms with Crippen LogP contribution in [0, 0.1) is 12.3 Å². The van der Waals surface area contributed by atoms with Gasteiger partial charge in [-0.2, -0.15) is 4.98 Å². The lowest BCUT2D eigenvalue weighted by molar-refractivity contribution is 0.0866. The van der Waals surface area contributed by atoms with E-state index in [1.807, 2.05) is 6.20 Å². The minimum Gasteiger partial charge on any atom is -0.478 e. The number of aryl methyl sites for hydroxylation is 2. The van der Waals surface area contributed by atoms with Gasteiger partial charge in [0.05, 0.1) is 12.3 Å². The molecule has 8 nitrogen and oxygen atoms in total. The zero-order chi connectivity index (χ0) is 23.4. The highest BCUT2D eigenvalue weighted by Crippen LogP contribution is 2.45. The van der Waals surface area contributed by atoms with Gasteiger partial charge in [-0.1, -0.05) is 6.07 Å². The Bertz CT molecular complexity index is 1270. The van der Waals surface area contributed by atoms with Crippen LogP contribution in [0.1, 0.15) is 36.0 Å². The van der Waals surface area contributed by atoms with Crippen LogP contribution in [0.2, 0.25) is 0 Å². The van der Waals surface area contributed by atoms with Crippen LogP contribution in [0.3, 0.4) is 0 Å². The average molecular weight is 490 g/mol. The van der Waals surface area contributed by atoms with Gasteiger partial charge < -0.3 is 15.0 Å². The minimum absolute atomic E-state index is 0.432. The third-order valence-electron chi connectivity index (χ3n) is 7.95. The number of aromatic amines is 1. The molecular formula is C26H31N7OS. The predicted molar refractivity (Wildman–Crippen MR) is 137 cm³/mol. The van der Waals surface area contributed by atoms with E-state index >= 15 is 0 Å². The maximum Gasteiger partial charge on any atom is 0.225 e. The van der Waals surface area contributed by atoms with E-state index in [9.17, 15) is 0 Å². The summed E-state index contributed by atoms with van der Waals surface area (Å²) >= 11 is 1.67. The SMILES string of the molecule is Cc1cc2c(c3c1-c1ccnc(c1)OCCCN1CCC4(C1)CN(C4)Sc1n[nH]c(n1)N3)CCC2. The van der Waals surface area contributed by atoms with Gasteiger partial charge in [-0.25, -0.2) is 14.4 Å². The van der Waals surface area contributed by atoms with Crippen molar-refractivity contribution in [2.75, 3.05) is 44.6 Å². The lowest BCUT2D eigenvalue weighted by atomic mass is 9.81. The molecule has 2 aromatic heterocycles. The molecule has 2 N–H and O–H groups in total. The lowest BCUT2D eigenvalue weighted by Gasteiger charge is -2.46. The molecule has 1 aromatic carbocycles. The molecule has 3 aromatic rings. The van der Waals surface area contributed by atoms with E-state index in [1.165, 1.54) is 48.2 Å². The van der Waals surface area contributed by atoms with Crippen LogP contribution in [0.5, 0.6) is 5.88 Å². The van der Waals surface area contributed by atoms with Crippen molar-refractivity contribution in [3.8, 4) is 17.0 Å². The van der Waals surface area contributed by atoms with E-state index in [-0.39, 0.29) is 0 Å². The van der Waals surface area contributed by atoms with Crippen LogP contribution in [-0.4, -0.2) is 68.7 Å². The van der Waals surface area contributed by atoms with Crippen molar-refractivity contribution in [2.45, 2.75) is 44.2 Å². The summed E-state index contributed by atoms with van der Waals surface area (Å²) in [7, 11) is 0. The van der Waals surface area contributed by atoms with Gasteiger partial charge in [0.25, 0.3) is 0 Å². The number of benzene rings is 1. The molecule has 8 rings (SSSR count). The number of hydrogen-bond acceptors (Lipinski definition) is 8. The number of hydrogen-bond donors (Lipinski definition) is 2. The average Bonchev–Trinajstić information content (AvgIpc) is 3.56. The summed E-state index contributed by atoms with van der Waals surface area (Å²) in [5, 5.41) is 12.1. The van der Waals surface area contributed by atoms with Crippen molar-refractivity contribution >= 4 is 23.6 Å². The number of H-pyrrole nitrogens is 1. The fourth-order valence-electron chi connectivity index (χ4n) is 6.33. The van der Waals surface area contributed by atoms with Crippen LogP contribution < -0.4 is 10.1 Å². The van der Waals surface area contributed by atoms with Crippen molar-refractivity contribution in [3.63, 3.8) is 0 Å². The highest BCUT2D eigenvalue weighted by Gasteiger charge is 2.48. The van der Waals surface area contributed by atoms with Gasteiger partial charge in [0.1, 0.15) is 0 Å². The molecule has 9 heteroatoms. The fourth-order valence-corrected chi connectivity index (χ4v) is 7.46. The van der Waals surface area contributed by atoms with Crippen molar-refractivity contribution in [2.24, 2.45) is 5.41 Å². The van der Waals surface area contributed by atoms with Gasteiger partial charge >= 0.3 is 0 Å². The normalized spacial score (nSPS) is 27.3. The Morgan fingerprint density at radius 1 is 1.11 bits per heavy atom. The minimum atomic E-state index is 0.432. The van der Waals surface area contributed by atoms with Crippen LogP contribution in [0.25, 0.3) is 11.1 Å². The fraction of sp³-hybridized carbons (Fsp3) is 0.500. The molecule has 0 saturated carbocycles. The summed E-state index contributed by atoms with van der Waals surface area (Å²) in [6.07, 6.45) is 7.53. The van der Waals surface area contributed by atoms with Crippen LogP contribution in [0.15, 0.2) is 29.6 Å². The molecule has 182 valence electrons. The number of nitrogens with zero attached hydrogens (tertiary/aromatic N) is 5. The maximum absolute atomic E-state index is 6.13. The highest BCUT2D eigenvalue weighted by atomic mass is 32.2. The number of aromatic nitrogens is 4. The molecule has 5 aliphatic rings. The van der Waals surface area contributed by atoms with Gasteiger partial charge in [-0.05, 0) is 73.9 Å². The van der Waals surface area contributed by atoms with E-state index in [0.29, 0.717) is 23.9 Å². The van der Waals surface area contributed by atoms with Gasteiger partial charge in [-0.3, -0.25) is 0 Å². The summed E-state index contributed by atoms with van der Waals surface area (Å²) in [4.78, 5) is 11.9. The van der Waals surface area contributed by atoms with Crippen molar-refractivity contribution in [3.05, 3.63) is 41.1 Å². The topological polar surface area (TPSA) is 82.2 Å². The molecule has 1 atom stereocenters. The molecule has 4 aliphatic heterocycles. The molecule has 1 unspecified atom stereocenters. The molecule has 35 heavy (non-hydrogen) atoms. The van der Waals surface area contributed by atoms with Crippen molar-refractivity contribution in [1.29, 1.82) is 0 Å². The first-order valence-electron chi connectivity index (χ1n) is 12.7. The van der Waals surface area contributed by atoms with E-state index < -0.39 is 0 Å². The molecule has 0 amide bonds. The van der Waals surface area contributed by atoms with Gasteiger partial charge in [0, 0.05) is 61.4 Å². The third kappa shape index (κ3) is 3.99. The first kappa shape index (κ1) is 21.6. The Hall–Kier alpha value is -2.62. The highest BCUT2D eigenvalue weighted by molar-refractivity contribution is 7.96. The second kappa shape index (κ2) is 8.50. The molecule has 1 aliphatic carbocycles. The molecule has 1 spiro atoms. The van der Waals surface area contributed by atoms with Gasteiger partial charge in [-0.15, -0.1) is 5.10 Å². The zero-order valence-electron chi connectivity index (χ0n) is 20.1. The summed E-state index contributed by atoms with van der Waals surface area (Å²) in [6.45, 7) is 8.54. The number of rotatable bonds is 0. The summed E-state index contributed by atoms with van der Waals surface area (Å²) in [6, 6.07) is 6.51. The number of pyridine rings is 1. The summed E-state index contributed by atoms with van der Waals surface area (Å²) in [5.41, 5.74) is 7.94. The molecular weight excluding hydrogens is 458 g/mol. The molecule has 2 fully saturated rings. The molecule has 6 heterocycles.